The summed E-state index contributed by atoms with van der Waals surface area (Å²) in [5.74, 6) is 0. The molecule has 0 aromatic heterocycles. The highest BCUT2D eigenvalue weighted by Crippen LogP contribution is 2.24. The van der Waals surface area contributed by atoms with Gasteiger partial charge < -0.3 is 4.74 Å². The second-order valence-corrected chi connectivity index (χ2v) is 5.96. The van der Waals surface area contributed by atoms with Crippen LogP contribution in [-0.2, 0) is 11.3 Å². The highest BCUT2D eigenvalue weighted by Gasteiger charge is 2.11. The quantitative estimate of drug-likeness (QED) is 0.627. The fourth-order valence-electron chi connectivity index (χ4n) is 1.91. The standard InChI is InChI=1S/C16H16Br2O/c1-12-5-4-7-13(9-12)16(10-17)19-11-14-6-2-3-8-15(14)18/h2-9,16H,10-11H2,1H3. The SMILES string of the molecule is Cc1cccc(C(CBr)OCc2ccccc2Br)c1. The van der Waals surface area contributed by atoms with Crippen molar-refractivity contribution in [2.45, 2.75) is 19.6 Å². The molecule has 0 spiro atoms. The van der Waals surface area contributed by atoms with Gasteiger partial charge in [0.1, 0.15) is 0 Å². The van der Waals surface area contributed by atoms with Gasteiger partial charge in [0, 0.05) is 9.80 Å². The number of halogens is 2. The van der Waals surface area contributed by atoms with Crippen molar-refractivity contribution < 1.29 is 4.74 Å². The average Bonchev–Trinajstić information content (AvgIpc) is 2.41. The maximum atomic E-state index is 6.02. The van der Waals surface area contributed by atoms with Gasteiger partial charge in [-0.1, -0.05) is 79.9 Å². The van der Waals surface area contributed by atoms with Crippen LogP contribution in [0.1, 0.15) is 22.8 Å². The molecule has 0 saturated carbocycles. The predicted molar refractivity (Wildman–Crippen MR) is 86.6 cm³/mol. The van der Waals surface area contributed by atoms with Gasteiger partial charge in [0.15, 0.2) is 0 Å². The largest absolute Gasteiger partial charge is 0.368 e. The van der Waals surface area contributed by atoms with Gasteiger partial charge in [0.05, 0.1) is 12.7 Å². The lowest BCUT2D eigenvalue weighted by Gasteiger charge is -2.17. The number of aryl methyl sites for hydroxylation is 1. The molecule has 100 valence electrons. The van der Waals surface area contributed by atoms with Gasteiger partial charge >= 0.3 is 0 Å². The minimum atomic E-state index is 0.0759. The zero-order valence-corrected chi connectivity index (χ0v) is 13.9. The van der Waals surface area contributed by atoms with Crippen LogP contribution in [0.5, 0.6) is 0 Å². The Morgan fingerprint density at radius 1 is 1.11 bits per heavy atom. The van der Waals surface area contributed by atoms with E-state index in [2.05, 4.69) is 69.1 Å². The molecule has 2 aromatic rings. The van der Waals surface area contributed by atoms with Crippen LogP contribution in [0, 0.1) is 6.92 Å². The van der Waals surface area contributed by atoms with Crippen molar-refractivity contribution in [2.75, 3.05) is 5.33 Å². The number of hydrogen-bond acceptors (Lipinski definition) is 1. The molecule has 1 unspecified atom stereocenters. The Kier molecular flexibility index (Phi) is 5.61. The first-order valence-corrected chi connectivity index (χ1v) is 8.09. The molecule has 3 heteroatoms. The molecule has 0 aliphatic carbocycles. The number of ether oxygens (including phenoxy) is 1. The van der Waals surface area contributed by atoms with Crippen LogP contribution in [0.25, 0.3) is 0 Å². The lowest BCUT2D eigenvalue weighted by Crippen LogP contribution is -2.06. The van der Waals surface area contributed by atoms with Gasteiger partial charge in [-0.15, -0.1) is 0 Å². The van der Waals surface area contributed by atoms with Crippen LogP contribution in [0.3, 0.4) is 0 Å². The van der Waals surface area contributed by atoms with E-state index in [-0.39, 0.29) is 6.10 Å². The molecule has 1 nitrogen and oxygen atoms in total. The highest BCUT2D eigenvalue weighted by molar-refractivity contribution is 9.10. The molecule has 0 N–H and O–H groups in total. The molecule has 0 aliphatic heterocycles. The monoisotopic (exact) mass is 382 g/mol. The Labute approximate surface area is 131 Å². The molecular formula is C16H16Br2O. The minimum Gasteiger partial charge on any atom is -0.368 e. The summed E-state index contributed by atoms with van der Waals surface area (Å²) >= 11 is 7.08. The molecule has 0 amide bonds. The molecular weight excluding hydrogens is 368 g/mol. The van der Waals surface area contributed by atoms with Crippen molar-refractivity contribution in [1.29, 1.82) is 0 Å². The average molecular weight is 384 g/mol. The van der Waals surface area contributed by atoms with E-state index in [0.29, 0.717) is 6.61 Å². The molecule has 0 saturated heterocycles. The number of benzene rings is 2. The fraction of sp³-hybridized carbons (Fsp3) is 0.250. The predicted octanol–water partition coefficient (Wildman–Crippen LogP) is 5.41. The van der Waals surface area contributed by atoms with Crippen LogP contribution in [0.2, 0.25) is 0 Å². The van der Waals surface area contributed by atoms with Crippen LogP contribution in [0.4, 0.5) is 0 Å². The summed E-state index contributed by atoms with van der Waals surface area (Å²) in [6.07, 6.45) is 0.0759. The zero-order chi connectivity index (χ0) is 13.7. The Hall–Kier alpha value is -0.640. The summed E-state index contributed by atoms with van der Waals surface area (Å²) in [5.41, 5.74) is 3.64. The van der Waals surface area contributed by atoms with E-state index >= 15 is 0 Å². The Morgan fingerprint density at radius 3 is 2.58 bits per heavy atom. The van der Waals surface area contributed by atoms with E-state index < -0.39 is 0 Å². The Balaban J connectivity index is 2.06. The first-order chi connectivity index (χ1) is 9.20. The van der Waals surface area contributed by atoms with Crippen molar-refractivity contribution in [1.82, 2.24) is 0 Å². The van der Waals surface area contributed by atoms with Crippen LogP contribution >= 0.6 is 31.9 Å². The van der Waals surface area contributed by atoms with Gasteiger partial charge in [-0.3, -0.25) is 0 Å². The fourth-order valence-corrected chi connectivity index (χ4v) is 2.87. The number of hydrogen-bond donors (Lipinski definition) is 0. The summed E-state index contributed by atoms with van der Waals surface area (Å²) in [7, 11) is 0. The lowest BCUT2D eigenvalue weighted by molar-refractivity contribution is 0.0562. The third-order valence-corrected chi connectivity index (χ3v) is 4.31. The molecule has 19 heavy (non-hydrogen) atoms. The lowest BCUT2D eigenvalue weighted by atomic mass is 10.1. The third kappa shape index (κ3) is 4.16. The Morgan fingerprint density at radius 2 is 1.89 bits per heavy atom. The number of alkyl halides is 1. The van der Waals surface area contributed by atoms with E-state index in [9.17, 15) is 0 Å². The molecule has 0 heterocycles. The van der Waals surface area contributed by atoms with Gasteiger partial charge in [0.2, 0.25) is 0 Å². The van der Waals surface area contributed by atoms with Crippen molar-refractivity contribution in [2.24, 2.45) is 0 Å². The molecule has 0 bridgehead atoms. The second kappa shape index (κ2) is 7.22. The topological polar surface area (TPSA) is 9.23 Å². The van der Waals surface area contributed by atoms with Gasteiger partial charge in [-0.2, -0.15) is 0 Å². The first kappa shape index (κ1) is 14.8. The van der Waals surface area contributed by atoms with Crippen LogP contribution in [0.15, 0.2) is 53.0 Å². The minimum absolute atomic E-state index is 0.0759. The molecule has 0 aliphatic rings. The normalized spacial score (nSPS) is 12.4. The molecule has 0 fully saturated rings. The van der Waals surface area contributed by atoms with Crippen molar-refractivity contribution in [3.63, 3.8) is 0 Å². The Bertz CT molecular complexity index is 540. The third-order valence-electron chi connectivity index (χ3n) is 2.95. The summed E-state index contributed by atoms with van der Waals surface area (Å²) in [6, 6.07) is 16.6. The highest BCUT2D eigenvalue weighted by atomic mass is 79.9. The van der Waals surface area contributed by atoms with E-state index in [1.165, 1.54) is 16.7 Å². The summed E-state index contributed by atoms with van der Waals surface area (Å²) < 4.78 is 7.11. The van der Waals surface area contributed by atoms with E-state index in [4.69, 9.17) is 4.74 Å². The smallest absolute Gasteiger partial charge is 0.0926 e. The van der Waals surface area contributed by atoms with E-state index in [1.54, 1.807) is 0 Å². The van der Waals surface area contributed by atoms with E-state index in [1.807, 2.05) is 18.2 Å². The molecule has 2 rings (SSSR count). The molecule has 0 radical (unpaired) electrons. The first-order valence-electron chi connectivity index (χ1n) is 6.18. The summed E-state index contributed by atoms with van der Waals surface area (Å²) in [6.45, 7) is 2.70. The maximum Gasteiger partial charge on any atom is 0.0926 e. The van der Waals surface area contributed by atoms with Gasteiger partial charge in [-0.25, -0.2) is 0 Å². The zero-order valence-electron chi connectivity index (χ0n) is 10.8. The van der Waals surface area contributed by atoms with Crippen molar-refractivity contribution in [3.8, 4) is 0 Å². The van der Waals surface area contributed by atoms with Crippen molar-refractivity contribution >= 4 is 31.9 Å². The van der Waals surface area contributed by atoms with Crippen LogP contribution < -0.4 is 0 Å². The maximum absolute atomic E-state index is 6.02. The molecule has 2 aromatic carbocycles. The van der Waals surface area contributed by atoms with E-state index in [0.717, 1.165) is 9.80 Å². The van der Waals surface area contributed by atoms with Gasteiger partial charge in [0.25, 0.3) is 0 Å². The van der Waals surface area contributed by atoms with Crippen molar-refractivity contribution in [3.05, 3.63) is 69.7 Å². The summed E-state index contributed by atoms with van der Waals surface area (Å²) in [4.78, 5) is 0. The second-order valence-electron chi connectivity index (χ2n) is 4.46. The summed E-state index contributed by atoms with van der Waals surface area (Å²) in [5, 5.41) is 0.793. The number of rotatable bonds is 5. The molecule has 1 atom stereocenters. The van der Waals surface area contributed by atoms with Crippen LogP contribution in [-0.4, -0.2) is 5.33 Å². The van der Waals surface area contributed by atoms with Gasteiger partial charge in [-0.05, 0) is 24.1 Å².